The average Bonchev–Trinajstić information content (AvgIpc) is 2.68. The average molecular weight is 353 g/mol. The van der Waals surface area contributed by atoms with Crippen molar-refractivity contribution in [1.29, 1.82) is 0 Å². The van der Waals surface area contributed by atoms with Crippen LogP contribution in [0.4, 0.5) is 0 Å². The number of carboxylic acid groups (broad SMARTS) is 1. The lowest BCUT2D eigenvalue weighted by Crippen LogP contribution is -2.00. The van der Waals surface area contributed by atoms with Crippen molar-refractivity contribution in [2.45, 2.75) is 13.8 Å². The lowest BCUT2D eigenvalue weighted by atomic mass is 9.99. The molecule has 0 radical (unpaired) electrons. The highest BCUT2D eigenvalue weighted by Gasteiger charge is 2.13. The summed E-state index contributed by atoms with van der Waals surface area (Å²) in [7, 11) is 0. The highest BCUT2D eigenvalue weighted by molar-refractivity contribution is 6.04. The highest BCUT2D eigenvalue weighted by atomic mass is 16.4. The van der Waals surface area contributed by atoms with Crippen LogP contribution in [0.15, 0.2) is 72.8 Å². The van der Waals surface area contributed by atoms with Crippen molar-refractivity contribution in [2.75, 3.05) is 0 Å². The summed E-state index contributed by atoms with van der Waals surface area (Å²) in [6, 6.07) is 23.8. The number of carboxylic acids is 1. The third kappa shape index (κ3) is 3.32. The Morgan fingerprint density at radius 2 is 1.30 bits per heavy atom. The number of fused-ring (bicyclic) bond motifs is 1. The monoisotopic (exact) mass is 353 g/mol. The van der Waals surface area contributed by atoms with E-state index in [1.54, 1.807) is 6.07 Å². The summed E-state index contributed by atoms with van der Waals surface area (Å²) in [4.78, 5) is 16.4. The van der Waals surface area contributed by atoms with Gasteiger partial charge in [0.2, 0.25) is 0 Å². The van der Waals surface area contributed by atoms with Gasteiger partial charge in [0.15, 0.2) is 0 Å². The second kappa shape index (κ2) is 6.69. The Kier molecular flexibility index (Phi) is 4.21. The molecule has 132 valence electrons. The molecule has 0 spiro atoms. The van der Waals surface area contributed by atoms with E-state index in [2.05, 4.69) is 36.2 Å². The van der Waals surface area contributed by atoms with Crippen LogP contribution < -0.4 is 0 Å². The number of carbonyl (C=O) groups is 1. The van der Waals surface area contributed by atoms with Crippen LogP contribution in [-0.2, 0) is 0 Å². The first-order chi connectivity index (χ1) is 13.0. The summed E-state index contributed by atoms with van der Waals surface area (Å²) < 4.78 is 0. The van der Waals surface area contributed by atoms with E-state index < -0.39 is 5.97 Å². The fraction of sp³-hybridized carbons (Fsp3) is 0.0833. The molecular weight excluding hydrogens is 334 g/mol. The zero-order chi connectivity index (χ0) is 19.0. The fourth-order valence-corrected chi connectivity index (χ4v) is 3.24. The van der Waals surface area contributed by atoms with Crippen LogP contribution in [0.5, 0.6) is 0 Å². The number of hydrogen-bond acceptors (Lipinski definition) is 2. The van der Waals surface area contributed by atoms with Crippen LogP contribution in [-0.4, -0.2) is 16.1 Å². The minimum Gasteiger partial charge on any atom is -0.478 e. The van der Waals surface area contributed by atoms with E-state index >= 15 is 0 Å². The maximum atomic E-state index is 11.7. The molecular formula is C24H19NO2. The molecule has 0 aliphatic rings. The van der Waals surface area contributed by atoms with Gasteiger partial charge in [-0.3, -0.25) is 0 Å². The van der Waals surface area contributed by atoms with Crippen molar-refractivity contribution in [3.63, 3.8) is 0 Å². The number of aromatic nitrogens is 1. The zero-order valence-electron chi connectivity index (χ0n) is 15.2. The third-order valence-electron chi connectivity index (χ3n) is 4.76. The number of aromatic carboxylic acids is 1. The van der Waals surface area contributed by atoms with Gasteiger partial charge in [0, 0.05) is 10.9 Å². The Morgan fingerprint density at radius 1 is 0.741 bits per heavy atom. The first-order valence-electron chi connectivity index (χ1n) is 8.83. The molecule has 3 nitrogen and oxygen atoms in total. The van der Waals surface area contributed by atoms with Crippen molar-refractivity contribution < 1.29 is 9.90 Å². The molecule has 3 heteroatoms. The summed E-state index contributed by atoms with van der Waals surface area (Å²) >= 11 is 0. The predicted octanol–water partition coefficient (Wildman–Crippen LogP) is 5.88. The van der Waals surface area contributed by atoms with Gasteiger partial charge in [-0.2, -0.15) is 0 Å². The van der Waals surface area contributed by atoms with Crippen LogP contribution in [0.25, 0.3) is 33.3 Å². The van der Waals surface area contributed by atoms with Crippen LogP contribution >= 0.6 is 0 Å². The highest BCUT2D eigenvalue weighted by Crippen LogP contribution is 2.28. The van der Waals surface area contributed by atoms with E-state index in [1.807, 2.05) is 49.4 Å². The molecule has 0 aliphatic heterocycles. The number of rotatable bonds is 3. The Hall–Kier alpha value is -3.46. The molecule has 0 atom stereocenters. The molecule has 4 aromatic rings. The normalized spacial score (nSPS) is 10.9. The molecule has 1 N–H and O–H groups in total. The van der Waals surface area contributed by atoms with Crippen molar-refractivity contribution in [1.82, 2.24) is 4.98 Å². The minimum atomic E-state index is -0.939. The van der Waals surface area contributed by atoms with E-state index in [1.165, 1.54) is 5.56 Å². The van der Waals surface area contributed by atoms with Gasteiger partial charge in [-0.15, -0.1) is 0 Å². The number of hydrogen-bond donors (Lipinski definition) is 1. The largest absolute Gasteiger partial charge is 0.478 e. The molecule has 0 bridgehead atoms. The molecule has 27 heavy (non-hydrogen) atoms. The lowest BCUT2D eigenvalue weighted by molar-refractivity contribution is 0.0699. The molecule has 4 rings (SSSR count). The molecule has 3 aromatic carbocycles. The summed E-state index contributed by atoms with van der Waals surface area (Å²) in [6.07, 6.45) is 0. The van der Waals surface area contributed by atoms with E-state index in [0.29, 0.717) is 16.6 Å². The van der Waals surface area contributed by atoms with Gasteiger partial charge >= 0.3 is 5.97 Å². The van der Waals surface area contributed by atoms with E-state index in [4.69, 9.17) is 0 Å². The molecule has 0 unspecified atom stereocenters. The standard InChI is InChI=1S/C24H19NO2/c1-15-3-6-17(7-4-15)18-8-10-19(11-9-18)23-14-21(24(26)27)20-13-16(2)5-12-22(20)25-23/h3-14H,1-2H3,(H,26,27). The maximum Gasteiger partial charge on any atom is 0.336 e. The Morgan fingerprint density at radius 3 is 1.93 bits per heavy atom. The molecule has 0 fully saturated rings. The lowest BCUT2D eigenvalue weighted by Gasteiger charge is -2.09. The molecule has 0 saturated heterocycles. The number of benzene rings is 3. The van der Waals surface area contributed by atoms with Gasteiger partial charge in [0.1, 0.15) is 0 Å². The molecule has 0 amide bonds. The third-order valence-corrected chi connectivity index (χ3v) is 4.76. The summed E-state index contributed by atoms with van der Waals surface area (Å²) in [5.41, 5.74) is 7.05. The number of aryl methyl sites for hydroxylation is 2. The summed E-state index contributed by atoms with van der Waals surface area (Å²) in [5, 5.41) is 10.3. The van der Waals surface area contributed by atoms with Gasteiger partial charge < -0.3 is 5.11 Å². The maximum absolute atomic E-state index is 11.7. The number of nitrogens with zero attached hydrogens (tertiary/aromatic N) is 1. The van der Waals surface area contributed by atoms with Crippen LogP contribution in [0.2, 0.25) is 0 Å². The van der Waals surface area contributed by atoms with Crippen LogP contribution in [0.3, 0.4) is 0 Å². The smallest absolute Gasteiger partial charge is 0.336 e. The van der Waals surface area contributed by atoms with Crippen molar-refractivity contribution in [2.24, 2.45) is 0 Å². The summed E-state index contributed by atoms with van der Waals surface area (Å²) in [5.74, 6) is -0.939. The molecule has 0 aliphatic carbocycles. The Labute approximate surface area is 157 Å². The van der Waals surface area contributed by atoms with Crippen molar-refractivity contribution in [3.05, 3.63) is 89.5 Å². The van der Waals surface area contributed by atoms with Gasteiger partial charge in [-0.05, 0) is 43.2 Å². The molecule has 1 aromatic heterocycles. The SMILES string of the molecule is Cc1ccc(-c2ccc(-c3cc(C(=O)O)c4cc(C)ccc4n3)cc2)cc1. The van der Waals surface area contributed by atoms with Gasteiger partial charge in [-0.1, -0.05) is 65.7 Å². The second-order valence-electron chi connectivity index (χ2n) is 6.82. The van der Waals surface area contributed by atoms with Crippen LogP contribution in [0.1, 0.15) is 21.5 Å². The van der Waals surface area contributed by atoms with Crippen LogP contribution in [0, 0.1) is 13.8 Å². The van der Waals surface area contributed by atoms with E-state index in [0.717, 1.165) is 22.3 Å². The first-order valence-corrected chi connectivity index (χ1v) is 8.83. The first kappa shape index (κ1) is 17.0. The summed E-state index contributed by atoms with van der Waals surface area (Å²) in [6.45, 7) is 4.02. The topological polar surface area (TPSA) is 50.2 Å². The van der Waals surface area contributed by atoms with Gasteiger partial charge in [0.25, 0.3) is 0 Å². The van der Waals surface area contributed by atoms with Crippen molar-refractivity contribution >= 4 is 16.9 Å². The van der Waals surface area contributed by atoms with E-state index in [-0.39, 0.29) is 5.56 Å². The Balaban J connectivity index is 1.79. The van der Waals surface area contributed by atoms with Gasteiger partial charge in [-0.25, -0.2) is 9.78 Å². The van der Waals surface area contributed by atoms with E-state index in [9.17, 15) is 9.90 Å². The van der Waals surface area contributed by atoms with Crippen molar-refractivity contribution in [3.8, 4) is 22.4 Å². The quantitative estimate of drug-likeness (QED) is 0.500. The number of pyridine rings is 1. The van der Waals surface area contributed by atoms with Gasteiger partial charge in [0.05, 0.1) is 16.8 Å². The fourth-order valence-electron chi connectivity index (χ4n) is 3.24. The second-order valence-corrected chi connectivity index (χ2v) is 6.82. The molecule has 1 heterocycles. The Bertz CT molecular complexity index is 1140. The zero-order valence-corrected chi connectivity index (χ0v) is 15.2. The minimum absolute atomic E-state index is 0.279. The predicted molar refractivity (Wildman–Crippen MR) is 109 cm³/mol. The molecule has 0 saturated carbocycles.